The number of carbonyl (C=O) groups is 1. The van der Waals surface area contributed by atoms with Crippen LogP contribution in [0.15, 0.2) is 18.3 Å². The van der Waals surface area contributed by atoms with Crippen LogP contribution in [0.25, 0.3) is 11.0 Å². The summed E-state index contributed by atoms with van der Waals surface area (Å²) in [6.07, 6.45) is 9.11. The molecule has 3 aliphatic heterocycles. The maximum atomic E-state index is 13.3. The molecule has 1 N–H and O–H groups in total. The fourth-order valence-corrected chi connectivity index (χ4v) is 7.14. The van der Waals surface area contributed by atoms with Crippen molar-refractivity contribution in [2.45, 2.75) is 58.4 Å². The zero-order chi connectivity index (χ0) is 24.9. The molecule has 1 aliphatic carbocycles. The van der Waals surface area contributed by atoms with Crippen LogP contribution in [-0.2, 0) is 7.05 Å². The van der Waals surface area contributed by atoms with E-state index in [4.69, 9.17) is 4.98 Å². The number of hydrogen-bond acceptors (Lipinski definition) is 5. The lowest BCUT2D eigenvalue weighted by molar-refractivity contribution is 0.0908. The first kappa shape index (κ1) is 24.2. The Kier molecular flexibility index (Phi) is 6.49. The number of hydrogen-bond donors (Lipinski definition) is 1. The second kappa shape index (κ2) is 9.64. The predicted molar refractivity (Wildman–Crippen MR) is 146 cm³/mol. The number of fused-ring (bicyclic) bond motifs is 2. The van der Waals surface area contributed by atoms with E-state index in [1.54, 1.807) is 0 Å². The molecule has 196 valence electrons. The standard InChI is InChI=1S/C29H44N6O/c1-29(2)24-19-34(20-25(24)29)17-16-33-14-10-21(11-15-33)30-28(36)23-18-32(3)27-22(23)8-9-26(31-27)35-12-6-4-5-7-13-35/h8-9,18,21,24-25H,4-7,10-17,19-20H2,1-3H3,(H,30,36). The highest BCUT2D eigenvalue weighted by molar-refractivity contribution is 6.06. The highest BCUT2D eigenvalue weighted by Crippen LogP contribution is 2.61. The number of nitrogens with one attached hydrogen (secondary N) is 1. The van der Waals surface area contributed by atoms with Crippen LogP contribution >= 0.6 is 0 Å². The first-order valence-electron chi connectivity index (χ1n) is 14.4. The van der Waals surface area contributed by atoms with Gasteiger partial charge >= 0.3 is 0 Å². The molecule has 1 saturated carbocycles. The van der Waals surface area contributed by atoms with E-state index in [9.17, 15) is 4.79 Å². The van der Waals surface area contributed by atoms with Gasteiger partial charge in [-0.25, -0.2) is 4.98 Å². The van der Waals surface area contributed by atoms with Gasteiger partial charge < -0.3 is 24.6 Å². The lowest BCUT2D eigenvalue weighted by atomic mass is 10.0. The molecule has 7 heteroatoms. The third-order valence-electron chi connectivity index (χ3n) is 9.84. The van der Waals surface area contributed by atoms with Gasteiger partial charge in [-0.05, 0) is 55.1 Å². The van der Waals surface area contributed by atoms with Crippen LogP contribution in [0.1, 0.15) is 62.7 Å². The maximum Gasteiger partial charge on any atom is 0.253 e. The number of pyridine rings is 1. The molecular weight excluding hydrogens is 448 g/mol. The average molecular weight is 493 g/mol. The molecule has 0 aromatic carbocycles. The largest absolute Gasteiger partial charge is 0.357 e. The topological polar surface area (TPSA) is 56.6 Å². The molecule has 7 nitrogen and oxygen atoms in total. The first-order valence-corrected chi connectivity index (χ1v) is 14.4. The van der Waals surface area contributed by atoms with Crippen LogP contribution in [0.4, 0.5) is 5.82 Å². The molecule has 6 rings (SSSR count). The molecule has 36 heavy (non-hydrogen) atoms. The van der Waals surface area contributed by atoms with Crippen molar-refractivity contribution in [2.24, 2.45) is 24.3 Å². The van der Waals surface area contributed by atoms with Crippen molar-refractivity contribution in [1.82, 2.24) is 24.7 Å². The summed E-state index contributed by atoms with van der Waals surface area (Å²) in [6, 6.07) is 4.46. The second-order valence-electron chi connectivity index (χ2n) is 12.5. The molecule has 0 radical (unpaired) electrons. The third kappa shape index (κ3) is 4.65. The van der Waals surface area contributed by atoms with Crippen molar-refractivity contribution in [3.8, 4) is 0 Å². The van der Waals surface area contributed by atoms with Gasteiger partial charge in [-0.15, -0.1) is 0 Å². The van der Waals surface area contributed by atoms with E-state index in [1.807, 2.05) is 17.8 Å². The summed E-state index contributed by atoms with van der Waals surface area (Å²) in [4.78, 5) is 25.9. The van der Waals surface area contributed by atoms with Crippen molar-refractivity contribution >= 4 is 22.8 Å². The van der Waals surface area contributed by atoms with Gasteiger partial charge in [0.2, 0.25) is 0 Å². The highest BCUT2D eigenvalue weighted by Gasteiger charge is 2.61. The molecular formula is C29H44N6O. The number of anilines is 1. The Labute approximate surface area is 216 Å². The summed E-state index contributed by atoms with van der Waals surface area (Å²) in [5.41, 5.74) is 2.25. The molecule has 2 aromatic heterocycles. The second-order valence-corrected chi connectivity index (χ2v) is 12.5. The summed E-state index contributed by atoms with van der Waals surface area (Å²) in [5, 5.41) is 4.29. The fraction of sp³-hybridized carbons (Fsp3) is 0.724. The molecule has 2 aromatic rings. The number of nitrogens with zero attached hydrogens (tertiary/aromatic N) is 5. The summed E-state index contributed by atoms with van der Waals surface area (Å²) < 4.78 is 2.01. The van der Waals surface area contributed by atoms with Gasteiger partial charge in [0, 0.05) is 77.0 Å². The number of rotatable bonds is 6. The number of piperidine rings is 2. The van der Waals surface area contributed by atoms with Crippen molar-refractivity contribution in [1.29, 1.82) is 0 Å². The first-order chi connectivity index (χ1) is 17.4. The Bertz CT molecular complexity index is 1080. The Morgan fingerprint density at radius 3 is 2.33 bits per heavy atom. The molecule has 2 atom stereocenters. The normalized spacial score (nSPS) is 27.2. The van der Waals surface area contributed by atoms with E-state index in [0.717, 1.165) is 79.8 Å². The number of aromatic nitrogens is 2. The molecule has 0 bridgehead atoms. The highest BCUT2D eigenvalue weighted by atomic mass is 16.1. The Hall–Kier alpha value is -2.12. The Balaban J connectivity index is 1.01. The van der Waals surface area contributed by atoms with Gasteiger partial charge in [-0.1, -0.05) is 26.7 Å². The van der Waals surface area contributed by atoms with Crippen molar-refractivity contribution in [2.75, 3.05) is 57.3 Å². The molecule has 5 heterocycles. The smallest absolute Gasteiger partial charge is 0.253 e. The summed E-state index contributed by atoms with van der Waals surface area (Å²) in [6.45, 7) is 14.1. The monoisotopic (exact) mass is 492 g/mol. The molecule has 1 amide bonds. The molecule has 4 aliphatic rings. The van der Waals surface area contributed by atoms with Crippen LogP contribution in [0.3, 0.4) is 0 Å². The lowest BCUT2D eigenvalue weighted by Gasteiger charge is -2.33. The minimum atomic E-state index is 0.0438. The quantitative estimate of drug-likeness (QED) is 0.666. The molecule has 3 saturated heterocycles. The van der Waals surface area contributed by atoms with Crippen LogP contribution < -0.4 is 10.2 Å². The lowest BCUT2D eigenvalue weighted by Crippen LogP contribution is -2.46. The Morgan fingerprint density at radius 1 is 0.972 bits per heavy atom. The zero-order valence-electron chi connectivity index (χ0n) is 22.5. The van der Waals surface area contributed by atoms with Crippen LogP contribution in [0, 0.1) is 17.3 Å². The minimum absolute atomic E-state index is 0.0438. The fourth-order valence-electron chi connectivity index (χ4n) is 7.14. The average Bonchev–Trinajstić information content (AvgIpc) is 3.09. The summed E-state index contributed by atoms with van der Waals surface area (Å²) in [7, 11) is 2.00. The number of likely N-dealkylation sites (tertiary alicyclic amines) is 2. The number of amides is 1. The zero-order valence-corrected chi connectivity index (χ0v) is 22.5. The van der Waals surface area contributed by atoms with Crippen LogP contribution in [-0.4, -0.2) is 83.7 Å². The van der Waals surface area contributed by atoms with E-state index in [-0.39, 0.29) is 11.9 Å². The summed E-state index contributed by atoms with van der Waals surface area (Å²) >= 11 is 0. The summed E-state index contributed by atoms with van der Waals surface area (Å²) in [5.74, 6) is 2.95. The Morgan fingerprint density at radius 2 is 1.64 bits per heavy atom. The van der Waals surface area contributed by atoms with Gasteiger partial charge in [0.1, 0.15) is 11.5 Å². The van der Waals surface area contributed by atoms with Crippen molar-refractivity contribution in [3.63, 3.8) is 0 Å². The van der Waals surface area contributed by atoms with Gasteiger partial charge in [0.25, 0.3) is 5.91 Å². The molecule has 0 spiro atoms. The van der Waals surface area contributed by atoms with Gasteiger partial charge in [-0.2, -0.15) is 0 Å². The van der Waals surface area contributed by atoms with Gasteiger partial charge in [-0.3, -0.25) is 4.79 Å². The van der Waals surface area contributed by atoms with E-state index < -0.39 is 0 Å². The van der Waals surface area contributed by atoms with Crippen molar-refractivity contribution in [3.05, 3.63) is 23.9 Å². The van der Waals surface area contributed by atoms with E-state index in [2.05, 4.69) is 46.0 Å². The SMILES string of the molecule is Cn1cc(C(=O)NC2CCN(CCN3CC4C(C3)C4(C)C)CC2)c2ccc(N3CCCCCC3)nc21. The molecule has 4 fully saturated rings. The third-order valence-corrected chi connectivity index (χ3v) is 9.84. The van der Waals surface area contributed by atoms with E-state index >= 15 is 0 Å². The van der Waals surface area contributed by atoms with Crippen LogP contribution in [0.2, 0.25) is 0 Å². The van der Waals surface area contributed by atoms with Gasteiger partial charge in [0.05, 0.1) is 5.56 Å². The number of aryl methyl sites for hydroxylation is 1. The maximum absolute atomic E-state index is 13.3. The van der Waals surface area contributed by atoms with Gasteiger partial charge in [0.15, 0.2) is 0 Å². The van der Waals surface area contributed by atoms with Crippen LogP contribution in [0.5, 0.6) is 0 Å². The van der Waals surface area contributed by atoms with E-state index in [1.165, 1.54) is 45.3 Å². The van der Waals surface area contributed by atoms with Crippen molar-refractivity contribution < 1.29 is 4.79 Å². The van der Waals surface area contributed by atoms with E-state index in [0.29, 0.717) is 5.41 Å². The molecule has 2 unspecified atom stereocenters. The number of carbonyl (C=O) groups excluding carboxylic acids is 1. The predicted octanol–water partition coefficient (Wildman–Crippen LogP) is 3.74. The minimum Gasteiger partial charge on any atom is -0.357 e.